The fourth-order valence-corrected chi connectivity index (χ4v) is 7.65. The first-order valence-corrected chi connectivity index (χ1v) is 14.4. The molecule has 1 fully saturated rings. The standard InChI is InChI=1S/C26H26ClN3O4S2/c1-17-14-20(27)15-23-24(17)28-26(35-23)29(16-21-7-5-13-34-21)25(31)19-8-10-22(11-9-19)36(32,33)30-12-4-3-6-18(30)2/h5,7-11,13-15,18H,3-4,6,12,16H2,1-2H3. The number of anilines is 1. The van der Waals surface area contributed by atoms with E-state index in [1.165, 1.54) is 23.5 Å². The number of carbonyl (C=O) groups excluding carboxylic acids is 1. The number of rotatable bonds is 6. The summed E-state index contributed by atoms with van der Waals surface area (Å²) >= 11 is 7.60. The molecule has 0 N–H and O–H groups in total. The molecule has 10 heteroatoms. The molecule has 1 aliphatic heterocycles. The molecule has 1 atom stereocenters. The molecule has 188 valence electrons. The molecule has 2 aromatic heterocycles. The maximum Gasteiger partial charge on any atom is 0.260 e. The van der Waals surface area contributed by atoms with Gasteiger partial charge in [0.2, 0.25) is 10.0 Å². The highest BCUT2D eigenvalue weighted by molar-refractivity contribution is 7.89. The van der Waals surface area contributed by atoms with Crippen molar-refractivity contribution in [2.45, 2.75) is 50.6 Å². The quantitative estimate of drug-likeness (QED) is 0.286. The van der Waals surface area contributed by atoms with Crippen molar-refractivity contribution in [3.63, 3.8) is 0 Å². The molecule has 1 amide bonds. The number of carbonyl (C=O) groups is 1. The smallest absolute Gasteiger partial charge is 0.260 e. The van der Waals surface area contributed by atoms with Crippen LogP contribution >= 0.6 is 22.9 Å². The molecule has 1 aliphatic rings. The van der Waals surface area contributed by atoms with E-state index in [1.54, 1.807) is 39.7 Å². The lowest BCUT2D eigenvalue weighted by atomic mass is 10.1. The van der Waals surface area contributed by atoms with Crippen LogP contribution in [0, 0.1) is 6.92 Å². The Hall–Kier alpha value is -2.72. The van der Waals surface area contributed by atoms with E-state index in [9.17, 15) is 13.2 Å². The highest BCUT2D eigenvalue weighted by Gasteiger charge is 2.31. The summed E-state index contributed by atoms with van der Waals surface area (Å²) < 4.78 is 34.4. The summed E-state index contributed by atoms with van der Waals surface area (Å²) in [6.45, 7) is 4.57. The molecule has 2 aromatic carbocycles. The van der Waals surface area contributed by atoms with Gasteiger partial charge in [0.25, 0.3) is 5.91 Å². The van der Waals surface area contributed by atoms with Gasteiger partial charge in [0.15, 0.2) is 5.13 Å². The van der Waals surface area contributed by atoms with Crippen molar-refractivity contribution in [3.8, 4) is 0 Å². The largest absolute Gasteiger partial charge is 0.467 e. The molecule has 3 heterocycles. The minimum absolute atomic E-state index is 0.0372. The van der Waals surface area contributed by atoms with Gasteiger partial charge in [0, 0.05) is 23.2 Å². The number of nitrogens with zero attached hydrogens (tertiary/aromatic N) is 3. The van der Waals surface area contributed by atoms with E-state index in [1.807, 2.05) is 26.0 Å². The number of piperidine rings is 1. The maximum atomic E-state index is 13.7. The molecular formula is C26H26ClN3O4S2. The summed E-state index contributed by atoms with van der Waals surface area (Å²) in [5, 5.41) is 1.12. The predicted molar refractivity (Wildman–Crippen MR) is 142 cm³/mol. The van der Waals surface area contributed by atoms with Crippen molar-refractivity contribution >= 4 is 54.2 Å². The van der Waals surface area contributed by atoms with Crippen LogP contribution in [-0.2, 0) is 16.6 Å². The second-order valence-corrected chi connectivity index (χ2v) is 12.4. The molecule has 0 saturated carbocycles. The Morgan fingerprint density at radius 3 is 2.69 bits per heavy atom. The second kappa shape index (κ2) is 9.97. The van der Waals surface area contributed by atoms with Gasteiger partial charge >= 0.3 is 0 Å². The number of amides is 1. The van der Waals surface area contributed by atoms with Crippen LogP contribution in [0.5, 0.6) is 0 Å². The topological polar surface area (TPSA) is 83.7 Å². The van der Waals surface area contributed by atoms with E-state index in [0.29, 0.717) is 28.0 Å². The summed E-state index contributed by atoms with van der Waals surface area (Å²) in [6.07, 6.45) is 4.30. The summed E-state index contributed by atoms with van der Waals surface area (Å²) in [5.41, 5.74) is 2.07. The van der Waals surface area contributed by atoms with E-state index in [4.69, 9.17) is 21.0 Å². The highest BCUT2D eigenvalue weighted by atomic mass is 35.5. The Balaban J connectivity index is 1.48. The average molecular weight is 544 g/mol. The van der Waals surface area contributed by atoms with Crippen molar-refractivity contribution in [1.82, 2.24) is 9.29 Å². The highest BCUT2D eigenvalue weighted by Crippen LogP contribution is 2.34. The van der Waals surface area contributed by atoms with Crippen LogP contribution < -0.4 is 4.90 Å². The van der Waals surface area contributed by atoms with Gasteiger partial charge in [-0.15, -0.1) is 0 Å². The molecule has 1 unspecified atom stereocenters. The Morgan fingerprint density at radius 1 is 1.22 bits per heavy atom. The van der Waals surface area contributed by atoms with Crippen molar-refractivity contribution in [2.24, 2.45) is 0 Å². The van der Waals surface area contributed by atoms with Crippen molar-refractivity contribution in [3.05, 3.63) is 76.7 Å². The summed E-state index contributed by atoms with van der Waals surface area (Å²) in [4.78, 5) is 20.1. The lowest BCUT2D eigenvalue weighted by molar-refractivity contribution is 0.0983. The summed E-state index contributed by atoms with van der Waals surface area (Å²) in [7, 11) is -3.62. The minimum atomic E-state index is -3.62. The fourth-order valence-electron chi connectivity index (χ4n) is 4.53. The minimum Gasteiger partial charge on any atom is -0.467 e. The zero-order chi connectivity index (χ0) is 25.4. The Kier molecular flexibility index (Phi) is 6.91. The number of sulfonamides is 1. The van der Waals surface area contributed by atoms with Gasteiger partial charge in [0.1, 0.15) is 5.76 Å². The first-order valence-electron chi connectivity index (χ1n) is 11.8. The lowest BCUT2D eigenvalue weighted by Gasteiger charge is -2.32. The number of benzene rings is 2. The van der Waals surface area contributed by atoms with E-state index in [0.717, 1.165) is 35.0 Å². The second-order valence-electron chi connectivity index (χ2n) is 9.02. The number of aryl methyl sites for hydroxylation is 1. The first-order chi connectivity index (χ1) is 17.2. The molecule has 7 nitrogen and oxygen atoms in total. The van der Waals surface area contributed by atoms with Crippen LogP contribution in [0.2, 0.25) is 5.02 Å². The Bertz CT molecular complexity index is 1500. The third kappa shape index (κ3) is 4.80. The molecule has 0 spiro atoms. The summed E-state index contributed by atoms with van der Waals surface area (Å²) in [5.74, 6) is 0.306. The van der Waals surface area contributed by atoms with Gasteiger partial charge in [0.05, 0.1) is 27.9 Å². The van der Waals surface area contributed by atoms with Gasteiger partial charge in [-0.25, -0.2) is 13.4 Å². The van der Waals surface area contributed by atoms with Crippen LogP contribution in [-0.4, -0.2) is 36.2 Å². The van der Waals surface area contributed by atoms with E-state index in [-0.39, 0.29) is 23.4 Å². The zero-order valence-corrected chi connectivity index (χ0v) is 22.4. The molecule has 4 aromatic rings. The van der Waals surface area contributed by atoms with Crippen LogP contribution in [0.4, 0.5) is 5.13 Å². The number of fused-ring (bicyclic) bond motifs is 1. The predicted octanol–water partition coefficient (Wildman–Crippen LogP) is 6.26. The average Bonchev–Trinajstić information content (AvgIpc) is 3.52. The number of thiazole rings is 1. The van der Waals surface area contributed by atoms with Crippen LogP contribution in [0.15, 0.2) is 64.1 Å². The van der Waals surface area contributed by atoms with Crippen LogP contribution in [0.1, 0.15) is 47.9 Å². The zero-order valence-electron chi connectivity index (χ0n) is 20.0. The van der Waals surface area contributed by atoms with Crippen molar-refractivity contribution < 1.29 is 17.6 Å². The molecule has 0 radical (unpaired) electrons. The number of aromatic nitrogens is 1. The normalized spacial score (nSPS) is 16.9. The van der Waals surface area contributed by atoms with Crippen LogP contribution in [0.25, 0.3) is 10.2 Å². The van der Waals surface area contributed by atoms with E-state index >= 15 is 0 Å². The number of hydrogen-bond acceptors (Lipinski definition) is 6. The monoisotopic (exact) mass is 543 g/mol. The Morgan fingerprint density at radius 2 is 2.00 bits per heavy atom. The third-order valence-corrected chi connectivity index (χ3v) is 9.73. The van der Waals surface area contributed by atoms with Gasteiger partial charge in [-0.05, 0) is 80.8 Å². The molecular weight excluding hydrogens is 518 g/mol. The third-order valence-electron chi connectivity index (χ3n) is 6.46. The fraction of sp³-hybridized carbons (Fsp3) is 0.308. The van der Waals surface area contributed by atoms with Crippen molar-refractivity contribution in [1.29, 1.82) is 0 Å². The molecule has 36 heavy (non-hydrogen) atoms. The van der Waals surface area contributed by atoms with E-state index in [2.05, 4.69) is 0 Å². The van der Waals surface area contributed by atoms with Crippen molar-refractivity contribution in [2.75, 3.05) is 11.4 Å². The van der Waals surface area contributed by atoms with E-state index < -0.39 is 10.0 Å². The lowest BCUT2D eigenvalue weighted by Crippen LogP contribution is -2.41. The molecule has 0 bridgehead atoms. The SMILES string of the molecule is Cc1cc(Cl)cc2sc(N(Cc3ccco3)C(=O)c3ccc(S(=O)(=O)N4CCCCC4C)cc3)nc12. The molecule has 1 saturated heterocycles. The van der Waals surface area contributed by atoms with Gasteiger partial charge in [-0.1, -0.05) is 29.4 Å². The molecule has 0 aliphatic carbocycles. The number of hydrogen-bond donors (Lipinski definition) is 0. The maximum absolute atomic E-state index is 13.7. The number of furan rings is 1. The van der Waals surface area contributed by atoms with Gasteiger partial charge in [-0.3, -0.25) is 9.69 Å². The van der Waals surface area contributed by atoms with Crippen LogP contribution in [0.3, 0.4) is 0 Å². The first kappa shape index (κ1) is 25.0. The number of halogens is 1. The van der Waals surface area contributed by atoms with Gasteiger partial charge in [-0.2, -0.15) is 4.31 Å². The Labute approximate surface area is 219 Å². The van der Waals surface area contributed by atoms with Gasteiger partial charge < -0.3 is 4.42 Å². The summed E-state index contributed by atoms with van der Waals surface area (Å²) in [6, 6.07) is 13.4. The molecule has 5 rings (SSSR count).